The number of anilines is 1. The van der Waals surface area contributed by atoms with Crippen LogP contribution < -0.4 is 10.2 Å². The van der Waals surface area contributed by atoms with Gasteiger partial charge in [-0.15, -0.1) is 11.8 Å². The summed E-state index contributed by atoms with van der Waals surface area (Å²) in [7, 11) is 0. The zero-order chi connectivity index (χ0) is 20.1. The van der Waals surface area contributed by atoms with E-state index >= 15 is 0 Å². The van der Waals surface area contributed by atoms with Crippen LogP contribution in [0.2, 0.25) is 0 Å². The number of carbonyl (C=O) groups excluding carboxylic acids is 1. The first-order chi connectivity index (χ1) is 14.2. The van der Waals surface area contributed by atoms with E-state index in [2.05, 4.69) is 40.2 Å². The van der Waals surface area contributed by atoms with Crippen LogP contribution in [-0.2, 0) is 0 Å². The molecule has 2 aromatic carbocycles. The van der Waals surface area contributed by atoms with E-state index in [0.29, 0.717) is 6.54 Å². The second-order valence-electron chi connectivity index (χ2n) is 7.01. The van der Waals surface area contributed by atoms with Gasteiger partial charge in [-0.3, -0.25) is 9.69 Å². The Morgan fingerprint density at radius 3 is 2.59 bits per heavy atom. The molecule has 1 aromatic heterocycles. The first-order valence-corrected chi connectivity index (χ1v) is 11.9. The van der Waals surface area contributed by atoms with E-state index in [-0.39, 0.29) is 5.91 Å². The summed E-state index contributed by atoms with van der Waals surface area (Å²) in [6.45, 7) is 7.62. The lowest BCUT2D eigenvalue weighted by Gasteiger charge is -2.34. The molecule has 0 radical (unpaired) electrons. The SMILES string of the molecule is CCSc1ccc(C(=O)NCCN2CCN(c3nc4ccccc4s3)CC2)cc1. The third-order valence-electron chi connectivity index (χ3n) is 5.07. The summed E-state index contributed by atoms with van der Waals surface area (Å²) in [5.74, 6) is 1.05. The molecule has 0 bridgehead atoms. The Morgan fingerprint density at radius 1 is 1.10 bits per heavy atom. The zero-order valence-electron chi connectivity index (χ0n) is 16.6. The van der Waals surface area contributed by atoms with Gasteiger partial charge in [0.2, 0.25) is 0 Å². The average molecular weight is 427 g/mol. The first kappa shape index (κ1) is 20.2. The molecule has 0 unspecified atom stereocenters. The Bertz CT molecular complexity index is 916. The molecule has 7 heteroatoms. The number of nitrogens with one attached hydrogen (secondary N) is 1. The number of aromatic nitrogens is 1. The number of piperazine rings is 1. The average Bonchev–Trinajstić information content (AvgIpc) is 3.19. The number of rotatable bonds is 7. The van der Waals surface area contributed by atoms with E-state index < -0.39 is 0 Å². The van der Waals surface area contributed by atoms with Crippen LogP contribution in [0.5, 0.6) is 0 Å². The Hall–Kier alpha value is -2.09. The predicted octanol–water partition coefficient (Wildman–Crippen LogP) is 3.96. The van der Waals surface area contributed by atoms with E-state index in [1.54, 1.807) is 23.1 Å². The molecule has 0 atom stereocenters. The number of amides is 1. The Kier molecular flexibility index (Phi) is 6.69. The van der Waals surface area contributed by atoms with Crippen molar-refractivity contribution in [3.63, 3.8) is 0 Å². The molecule has 0 spiro atoms. The molecule has 0 aliphatic carbocycles. The van der Waals surface area contributed by atoms with Gasteiger partial charge in [0.25, 0.3) is 5.91 Å². The number of hydrogen-bond acceptors (Lipinski definition) is 6. The molecule has 1 amide bonds. The van der Waals surface area contributed by atoms with Gasteiger partial charge in [0.1, 0.15) is 0 Å². The van der Waals surface area contributed by atoms with Gasteiger partial charge in [-0.2, -0.15) is 0 Å². The lowest BCUT2D eigenvalue weighted by molar-refractivity contribution is 0.0947. The van der Waals surface area contributed by atoms with Crippen molar-refractivity contribution in [1.82, 2.24) is 15.2 Å². The van der Waals surface area contributed by atoms with E-state index in [0.717, 1.165) is 54.7 Å². The fourth-order valence-corrected chi connectivity index (χ4v) is 5.14. The van der Waals surface area contributed by atoms with E-state index in [4.69, 9.17) is 4.98 Å². The predicted molar refractivity (Wildman–Crippen MR) is 123 cm³/mol. The number of hydrogen-bond donors (Lipinski definition) is 1. The van der Waals surface area contributed by atoms with Gasteiger partial charge in [0.15, 0.2) is 5.13 Å². The molecule has 2 heterocycles. The number of nitrogens with zero attached hydrogens (tertiary/aromatic N) is 3. The summed E-state index contributed by atoms with van der Waals surface area (Å²) < 4.78 is 1.24. The summed E-state index contributed by atoms with van der Waals surface area (Å²) in [4.78, 5) is 23.1. The fraction of sp³-hybridized carbons (Fsp3) is 0.364. The van der Waals surface area contributed by atoms with Crippen molar-refractivity contribution >= 4 is 44.4 Å². The van der Waals surface area contributed by atoms with Crippen molar-refractivity contribution in [2.75, 3.05) is 49.9 Å². The molecular weight excluding hydrogens is 400 g/mol. The van der Waals surface area contributed by atoms with Crippen LogP contribution in [0.25, 0.3) is 10.2 Å². The molecule has 5 nitrogen and oxygen atoms in total. The number of carbonyl (C=O) groups is 1. The lowest BCUT2D eigenvalue weighted by Crippen LogP contribution is -2.48. The van der Waals surface area contributed by atoms with Crippen molar-refractivity contribution < 1.29 is 4.79 Å². The van der Waals surface area contributed by atoms with Gasteiger partial charge in [-0.05, 0) is 42.2 Å². The molecule has 152 valence electrons. The number of benzene rings is 2. The van der Waals surface area contributed by atoms with Gasteiger partial charge < -0.3 is 10.2 Å². The maximum Gasteiger partial charge on any atom is 0.251 e. The second kappa shape index (κ2) is 9.61. The summed E-state index contributed by atoms with van der Waals surface area (Å²) in [5, 5.41) is 4.16. The van der Waals surface area contributed by atoms with Crippen LogP contribution in [0.1, 0.15) is 17.3 Å². The van der Waals surface area contributed by atoms with Crippen molar-refractivity contribution in [2.45, 2.75) is 11.8 Å². The molecule has 3 aromatic rings. The van der Waals surface area contributed by atoms with Gasteiger partial charge >= 0.3 is 0 Å². The second-order valence-corrected chi connectivity index (χ2v) is 9.35. The zero-order valence-corrected chi connectivity index (χ0v) is 18.3. The van der Waals surface area contributed by atoms with Crippen LogP contribution in [0.4, 0.5) is 5.13 Å². The molecule has 1 aliphatic heterocycles. The minimum atomic E-state index is 0.00570. The van der Waals surface area contributed by atoms with Crippen molar-refractivity contribution in [2.24, 2.45) is 0 Å². The van der Waals surface area contributed by atoms with Crippen LogP contribution >= 0.6 is 23.1 Å². The van der Waals surface area contributed by atoms with Crippen LogP contribution in [0.3, 0.4) is 0 Å². The molecular formula is C22H26N4OS2. The quantitative estimate of drug-likeness (QED) is 0.580. The number of thiazole rings is 1. The molecule has 29 heavy (non-hydrogen) atoms. The molecule has 0 saturated carbocycles. The summed E-state index contributed by atoms with van der Waals surface area (Å²) in [6, 6.07) is 16.2. The maximum absolute atomic E-state index is 12.3. The minimum Gasteiger partial charge on any atom is -0.351 e. The van der Waals surface area contributed by atoms with Gasteiger partial charge in [0.05, 0.1) is 10.2 Å². The van der Waals surface area contributed by atoms with E-state index in [9.17, 15) is 4.79 Å². The van der Waals surface area contributed by atoms with Gasteiger partial charge in [-0.25, -0.2) is 4.98 Å². The molecule has 1 N–H and O–H groups in total. The number of para-hydroxylation sites is 1. The Balaban J connectivity index is 1.21. The standard InChI is InChI=1S/C22H26N4OS2/c1-2-28-18-9-7-17(8-10-18)21(27)23-11-12-25-13-15-26(16-14-25)22-24-19-5-3-4-6-20(19)29-22/h3-10H,2,11-16H2,1H3,(H,23,27). The largest absolute Gasteiger partial charge is 0.351 e. The third-order valence-corrected chi connectivity index (χ3v) is 7.06. The van der Waals surface area contributed by atoms with Crippen molar-refractivity contribution in [3.05, 3.63) is 54.1 Å². The summed E-state index contributed by atoms with van der Waals surface area (Å²) in [5.41, 5.74) is 1.81. The highest BCUT2D eigenvalue weighted by Gasteiger charge is 2.19. The van der Waals surface area contributed by atoms with Crippen molar-refractivity contribution in [3.8, 4) is 0 Å². The molecule has 1 fully saturated rings. The van der Waals surface area contributed by atoms with Gasteiger partial charge in [0, 0.05) is 49.7 Å². The maximum atomic E-state index is 12.3. The highest BCUT2D eigenvalue weighted by Crippen LogP contribution is 2.29. The molecule has 4 rings (SSSR count). The van der Waals surface area contributed by atoms with Crippen LogP contribution in [0, 0.1) is 0 Å². The van der Waals surface area contributed by atoms with E-state index in [1.165, 1.54) is 9.60 Å². The van der Waals surface area contributed by atoms with Gasteiger partial charge in [-0.1, -0.05) is 30.4 Å². The Labute approximate surface area is 180 Å². The number of thioether (sulfide) groups is 1. The minimum absolute atomic E-state index is 0.00570. The normalized spacial score (nSPS) is 15.0. The highest BCUT2D eigenvalue weighted by molar-refractivity contribution is 7.99. The van der Waals surface area contributed by atoms with Crippen LogP contribution in [-0.4, -0.2) is 60.8 Å². The topological polar surface area (TPSA) is 48.5 Å². The van der Waals surface area contributed by atoms with E-state index in [1.807, 2.05) is 30.3 Å². The Morgan fingerprint density at radius 2 is 1.86 bits per heavy atom. The molecule has 1 saturated heterocycles. The molecule has 1 aliphatic rings. The lowest BCUT2D eigenvalue weighted by atomic mass is 10.2. The third kappa shape index (κ3) is 5.10. The summed E-state index contributed by atoms with van der Waals surface area (Å²) in [6.07, 6.45) is 0. The highest BCUT2D eigenvalue weighted by atomic mass is 32.2. The van der Waals surface area contributed by atoms with Crippen LogP contribution in [0.15, 0.2) is 53.4 Å². The first-order valence-electron chi connectivity index (χ1n) is 10.1. The summed E-state index contributed by atoms with van der Waals surface area (Å²) >= 11 is 3.55. The monoisotopic (exact) mass is 426 g/mol. The fourth-order valence-electron chi connectivity index (χ4n) is 3.46. The number of fused-ring (bicyclic) bond motifs is 1. The smallest absolute Gasteiger partial charge is 0.251 e. The van der Waals surface area contributed by atoms with Crippen molar-refractivity contribution in [1.29, 1.82) is 0 Å².